The van der Waals surface area contributed by atoms with Gasteiger partial charge in [-0.05, 0) is 24.6 Å². The van der Waals surface area contributed by atoms with Gasteiger partial charge in [-0.15, -0.1) is 0 Å². The zero-order valence-electron chi connectivity index (χ0n) is 22.0. The SMILES string of the molecule is O=C(O)N1CCc2c(c(-c3ccc(C(F)(F)F)cc3)nn2CCCN2CCN(c3c(Cl)cccc3[N+](=O)[O-])CC2)C1. The van der Waals surface area contributed by atoms with Gasteiger partial charge in [0.15, 0.2) is 0 Å². The molecular formula is C27H28ClF3N6O4. The van der Waals surface area contributed by atoms with Gasteiger partial charge in [-0.25, -0.2) is 4.79 Å². The molecule has 0 atom stereocenters. The molecule has 2 aliphatic rings. The Morgan fingerprint density at radius 2 is 1.76 bits per heavy atom. The summed E-state index contributed by atoms with van der Waals surface area (Å²) in [5, 5.41) is 26.1. The molecule has 0 spiro atoms. The monoisotopic (exact) mass is 592 g/mol. The highest BCUT2D eigenvalue weighted by atomic mass is 35.5. The minimum atomic E-state index is -4.45. The summed E-state index contributed by atoms with van der Waals surface area (Å²) in [4.78, 5) is 28.2. The molecule has 1 saturated heterocycles. The van der Waals surface area contributed by atoms with Crippen LogP contribution in [0, 0.1) is 10.1 Å². The van der Waals surface area contributed by atoms with Crippen molar-refractivity contribution in [3.8, 4) is 11.3 Å². The second kappa shape index (κ2) is 11.6. The zero-order chi connectivity index (χ0) is 29.3. The van der Waals surface area contributed by atoms with Gasteiger partial charge >= 0.3 is 12.3 Å². The number of halogens is 4. The number of aromatic nitrogens is 2. The lowest BCUT2D eigenvalue weighted by molar-refractivity contribution is -0.384. The van der Waals surface area contributed by atoms with E-state index in [4.69, 9.17) is 16.7 Å². The van der Waals surface area contributed by atoms with E-state index in [0.717, 1.165) is 30.8 Å². The highest BCUT2D eigenvalue weighted by molar-refractivity contribution is 6.33. The number of nitro benzene ring substituents is 1. The van der Waals surface area contributed by atoms with Crippen LogP contribution >= 0.6 is 11.6 Å². The van der Waals surface area contributed by atoms with E-state index in [1.165, 1.54) is 23.1 Å². The Morgan fingerprint density at radius 1 is 1.05 bits per heavy atom. The fourth-order valence-corrected chi connectivity index (χ4v) is 5.78. The van der Waals surface area contributed by atoms with E-state index in [2.05, 4.69) is 4.90 Å². The first-order chi connectivity index (χ1) is 19.5. The van der Waals surface area contributed by atoms with Crippen LogP contribution in [0.25, 0.3) is 11.3 Å². The topological polar surface area (TPSA) is 108 Å². The van der Waals surface area contributed by atoms with Crippen molar-refractivity contribution in [2.75, 3.05) is 44.2 Å². The summed E-state index contributed by atoms with van der Waals surface area (Å²) in [5.74, 6) is 0. The first-order valence-corrected chi connectivity index (χ1v) is 13.5. The molecule has 0 aliphatic carbocycles. The van der Waals surface area contributed by atoms with Crippen LogP contribution in [0.3, 0.4) is 0 Å². The number of rotatable bonds is 7. The van der Waals surface area contributed by atoms with E-state index >= 15 is 0 Å². The molecule has 5 rings (SSSR count). The number of nitrogens with zero attached hydrogens (tertiary/aromatic N) is 6. The van der Waals surface area contributed by atoms with E-state index in [9.17, 15) is 33.2 Å². The van der Waals surface area contributed by atoms with Gasteiger partial charge in [-0.2, -0.15) is 18.3 Å². The number of piperazine rings is 1. The predicted molar refractivity (Wildman–Crippen MR) is 146 cm³/mol. The summed E-state index contributed by atoms with van der Waals surface area (Å²) in [6.07, 6.45) is -4.30. The van der Waals surface area contributed by atoms with Gasteiger partial charge in [0, 0.05) is 75.1 Å². The maximum Gasteiger partial charge on any atom is 0.416 e. The van der Waals surface area contributed by atoms with E-state index < -0.39 is 22.8 Å². The van der Waals surface area contributed by atoms with Crippen molar-refractivity contribution in [1.82, 2.24) is 19.6 Å². The van der Waals surface area contributed by atoms with Crippen LogP contribution in [-0.2, 0) is 25.7 Å². The maximum absolute atomic E-state index is 13.1. The number of hydrogen-bond acceptors (Lipinski definition) is 6. The standard InChI is InChI=1S/C27H28ClF3N6O4/c28-21-3-1-4-23(37(40)41)25(21)34-15-13-33(14-16-34)10-2-11-36-22-9-12-35(26(38)39)17-20(22)24(32-36)18-5-7-19(8-6-18)27(29,30)31/h1,3-8H,2,9-17H2,(H,38,39). The molecule has 1 aromatic heterocycles. The van der Waals surface area contributed by atoms with Gasteiger partial charge in [0.1, 0.15) is 5.69 Å². The molecule has 14 heteroatoms. The average Bonchev–Trinajstić information content (AvgIpc) is 3.30. The van der Waals surface area contributed by atoms with Gasteiger partial charge in [-0.3, -0.25) is 19.7 Å². The van der Waals surface area contributed by atoms with Crippen molar-refractivity contribution in [2.45, 2.75) is 32.1 Å². The molecule has 3 heterocycles. The van der Waals surface area contributed by atoms with Gasteiger partial charge < -0.3 is 14.9 Å². The highest BCUT2D eigenvalue weighted by Crippen LogP contribution is 2.36. The number of carboxylic acid groups (broad SMARTS) is 1. The Bertz CT molecular complexity index is 1440. The molecule has 0 radical (unpaired) electrons. The van der Waals surface area contributed by atoms with Crippen molar-refractivity contribution < 1.29 is 28.0 Å². The molecule has 0 bridgehead atoms. The molecule has 3 aromatic rings. The predicted octanol–water partition coefficient (Wildman–Crippen LogP) is 5.38. The Labute approximate surface area is 238 Å². The molecule has 1 N–H and O–H groups in total. The quantitative estimate of drug-likeness (QED) is 0.290. The minimum absolute atomic E-state index is 0.0141. The summed E-state index contributed by atoms with van der Waals surface area (Å²) in [6.45, 7) is 4.33. The summed E-state index contributed by atoms with van der Waals surface area (Å²) < 4.78 is 41.1. The normalized spacial score (nSPS) is 16.1. The third-order valence-corrected chi connectivity index (χ3v) is 7.89. The number of carbonyl (C=O) groups is 1. The van der Waals surface area contributed by atoms with Crippen LogP contribution in [0.4, 0.5) is 29.3 Å². The molecule has 2 aliphatic heterocycles. The molecule has 10 nitrogen and oxygen atoms in total. The van der Waals surface area contributed by atoms with Gasteiger partial charge in [0.25, 0.3) is 5.69 Å². The largest absolute Gasteiger partial charge is 0.465 e. The smallest absolute Gasteiger partial charge is 0.416 e. The summed E-state index contributed by atoms with van der Waals surface area (Å²) >= 11 is 6.30. The molecule has 2 aromatic carbocycles. The van der Waals surface area contributed by atoms with E-state index in [1.807, 2.05) is 9.58 Å². The Morgan fingerprint density at radius 3 is 2.39 bits per heavy atom. The van der Waals surface area contributed by atoms with E-state index in [0.29, 0.717) is 73.2 Å². The first-order valence-electron chi connectivity index (χ1n) is 13.2. The van der Waals surface area contributed by atoms with E-state index in [-0.39, 0.29) is 12.2 Å². The number of nitro groups is 1. The van der Waals surface area contributed by atoms with Crippen LogP contribution in [0.5, 0.6) is 0 Å². The van der Waals surface area contributed by atoms with Crippen molar-refractivity contribution in [3.05, 3.63) is 74.4 Å². The lowest BCUT2D eigenvalue weighted by Gasteiger charge is -2.36. The number of para-hydroxylation sites is 1. The van der Waals surface area contributed by atoms with Crippen LogP contribution < -0.4 is 4.90 Å². The van der Waals surface area contributed by atoms with Crippen molar-refractivity contribution in [1.29, 1.82) is 0 Å². The second-order valence-corrected chi connectivity index (χ2v) is 10.5. The lowest BCUT2D eigenvalue weighted by atomic mass is 10.00. The number of fused-ring (bicyclic) bond motifs is 1. The number of benzene rings is 2. The molecule has 1 amide bonds. The third-order valence-electron chi connectivity index (χ3n) is 7.59. The number of alkyl halides is 3. The fourth-order valence-electron chi connectivity index (χ4n) is 5.49. The third kappa shape index (κ3) is 6.10. The summed E-state index contributed by atoms with van der Waals surface area (Å²) in [5.41, 5.74) is 2.28. The number of anilines is 1. The molecule has 218 valence electrons. The minimum Gasteiger partial charge on any atom is -0.465 e. The van der Waals surface area contributed by atoms with E-state index in [1.54, 1.807) is 12.1 Å². The molecular weight excluding hydrogens is 565 g/mol. The van der Waals surface area contributed by atoms with Gasteiger partial charge in [0.05, 0.1) is 27.7 Å². The Balaban J connectivity index is 1.26. The molecule has 41 heavy (non-hydrogen) atoms. The number of aryl methyl sites for hydroxylation is 1. The first kappa shape index (κ1) is 28.7. The molecule has 0 saturated carbocycles. The second-order valence-electron chi connectivity index (χ2n) is 10.1. The zero-order valence-corrected chi connectivity index (χ0v) is 22.7. The van der Waals surface area contributed by atoms with Crippen LogP contribution in [-0.4, -0.2) is 75.0 Å². The summed E-state index contributed by atoms with van der Waals surface area (Å²) in [7, 11) is 0. The molecule has 1 fully saturated rings. The molecule has 0 unspecified atom stereocenters. The van der Waals surface area contributed by atoms with Crippen molar-refractivity contribution >= 4 is 29.1 Å². The van der Waals surface area contributed by atoms with Gasteiger partial charge in [0.2, 0.25) is 0 Å². The van der Waals surface area contributed by atoms with Crippen LogP contribution in [0.1, 0.15) is 23.2 Å². The van der Waals surface area contributed by atoms with Crippen LogP contribution in [0.2, 0.25) is 5.02 Å². The van der Waals surface area contributed by atoms with Crippen LogP contribution in [0.15, 0.2) is 42.5 Å². The Kier molecular flexibility index (Phi) is 8.09. The van der Waals surface area contributed by atoms with Crippen molar-refractivity contribution in [3.63, 3.8) is 0 Å². The highest BCUT2D eigenvalue weighted by Gasteiger charge is 2.32. The average molecular weight is 593 g/mol. The Hall–Kier alpha value is -3.84. The number of hydrogen-bond donors (Lipinski definition) is 1. The van der Waals surface area contributed by atoms with Crippen molar-refractivity contribution in [2.24, 2.45) is 0 Å². The van der Waals surface area contributed by atoms with Gasteiger partial charge in [-0.1, -0.05) is 29.8 Å². The summed E-state index contributed by atoms with van der Waals surface area (Å²) in [6, 6.07) is 9.43. The fraction of sp³-hybridized carbons (Fsp3) is 0.407. The number of amides is 1. The maximum atomic E-state index is 13.1. The lowest BCUT2D eigenvalue weighted by Crippen LogP contribution is -2.47.